The van der Waals surface area contributed by atoms with Crippen LogP contribution in [0.25, 0.3) is 5.52 Å². The Balaban J connectivity index is 2.33. The lowest BCUT2D eigenvalue weighted by molar-refractivity contribution is -0.121. The molecular weight excluding hydrogens is 240 g/mol. The van der Waals surface area contributed by atoms with Gasteiger partial charge < -0.3 is 20.9 Å². The minimum Gasteiger partial charge on any atom is -0.390 e. The van der Waals surface area contributed by atoms with Gasteiger partial charge in [0.05, 0.1) is 12.5 Å². The molecule has 2 aromatic heterocycles. The van der Waals surface area contributed by atoms with E-state index in [-0.39, 0.29) is 23.1 Å². The number of fused-ring (bicyclic) bond motifs is 1. The number of H-pyrrole nitrogens is 1. The maximum atomic E-state index is 11.4. The molecule has 0 aliphatic carbocycles. The van der Waals surface area contributed by atoms with E-state index >= 15 is 0 Å². The number of aromatic amines is 1. The number of carbonyl (C=O) groups excluding carboxylic acids is 1. The number of hydrogen-bond donors (Lipinski definition) is 4. The Labute approximate surface area is 101 Å². The standard InChI is InChI=1S/C10H12N4O4/c11-8(16)2-7(15)9(17)5-1-6-10(18)12-4-13-14(6)3-5/h1,3-4,7,9,15,17H,2H2,(H2,11,16)(H,12,13,18). The number of nitrogens with zero attached hydrogens (tertiary/aromatic N) is 2. The van der Waals surface area contributed by atoms with Crippen LogP contribution in [0.15, 0.2) is 23.4 Å². The van der Waals surface area contributed by atoms with Crippen LogP contribution in [0.2, 0.25) is 0 Å². The predicted octanol–water partition coefficient (Wildman–Crippen LogP) is -1.71. The number of amides is 1. The lowest BCUT2D eigenvalue weighted by atomic mass is 10.0. The number of nitrogens with one attached hydrogen (secondary N) is 1. The summed E-state index contributed by atoms with van der Waals surface area (Å²) in [6, 6.07) is 1.39. The minimum absolute atomic E-state index is 0.234. The quantitative estimate of drug-likeness (QED) is 0.514. The van der Waals surface area contributed by atoms with Crippen molar-refractivity contribution in [2.45, 2.75) is 18.6 Å². The number of aromatic nitrogens is 3. The highest BCUT2D eigenvalue weighted by Crippen LogP contribution is 2.20. The molecule has 2 aromatic rings. The summed E-state index contributed by atoms with van der Waals surface area (Å²) in [5, 5.41) is 23.2. The second-order valence-corrected chi connectivity index (χ2v) is 3.90. The Bertz CT molecular complexity index is 632. The zero-order valence-electron chi connectivity index (χ0n) is 9.28. The van der Waals surface area contributed by atoms with Crippen LogP contribution in [0, 0.1) is 0 Å². The summed E-state index contributed by atoms with van der Waals surface area (Å²) in [5.41, 5.74) is 5.08. The first-order valence-corrected chi connectivity index (χ1v) is 5.19. The van der Waals surface area contributed by atoms with Crippen LogP contribution < -0.4 is 11.3 Å². The summed E-state index contributed by atoms with van der Waals surface area (Å²) in [6.45, 7) is 0. The number of aliphatic hydroxyl groups is 2. The summed E-state index contributed by atoms with van der Waals surface area (Å²) >= 11 is 0. The molecule has 1 amide bonds. The van der Waals surface area contributed by atoms with Gasteiger partial charge in [-0.15, -0.1) is 0 Å². The Morgan fingerprint density at radius 2 is 2.28 bits per heavy atom. The van der Waals surface area contributed by atoms with Crippen molar-refractivity contribution in [3.8, 4) is 0 Å². The van der Waals surface area contributed by atoms with Gasteiger partial charge in [-0.3, -0.25) is 9.59 Å². The maximum absolute atomic E-state index is 11.4. The van der Waals surface area contributed by atoms with Crippen molar-refractivity contribution >= 4 is 11.4 Å². The SMILES string of the molecule is NC(=O)CC(O)C(O)c1cc2c(=O)[nH]cnn2c1. The molecule has 0 saturated heterocycles. The van der Waals surface area contributed by atoms with Crippen LogP contribution in [0.3, 0.4) is 0 Å². The van der Waals surface area contributed by atoms with Gasteiger partial charge in [0.2, 0.25) is 5.91 Å². The molecule has 0 aliphatic heterocycles. The zero-order valence-corrected chi connectivity index (χ0v) is 9.28. The van der Waals surface area contributed by atoms with Crippen LogP contribution in [0.1, 0.15) is 18.1 Å². The molecule has 2 heterocycles. The third-order valence-electron chi connectivity index (χ3n) is 2.55. The van der Waals surface area contributed by atoms with E-state index in [2.05, 4.69) is 10.1 Å². The minimum atomic E-state index is -1.32. The van der Waals surface area contributed by atoms with Crippen molar-refractivity contribution < 1.29 is 15.0 Å². The van der Waals surface area contributed by atoms with Gasteiger partial charge in [-0.25, -0.2) is 4.52 Å². The number of carbonyl (C=O) groups is 1. The summed E-state index contributed by atoms with van der Waals surface area (Å²) in [4.78, 5) is 24.5. The van der Waals surface area contributed by atoms with E-state index in [0.717, 1.165) is 0 Å². The fourth-order valence-corrected chi connectivity index (χ4v) is 1.66. The number of hydrogen-bond acceptors (Lipinski definition) is 5. The molecule has 0 aliphatic rings. The van der Waals surface area contributed by atoms with Crippen molar-refractivity contribution in [3.05, 3.63) is 34.5 Å². The second kappa shape index (κ2) is 4.59. The molecule has 0 fully saturated rings. The summed E-state index contributed by atoms with van der Waals surface area (Å²) in [5.74, 6) is -0.721. The molecule has 2 atom stereocenters. The van der Waals surface area contributed by atoms with E-state index in [0.29, 0.717) is 0 Å². The maximum Gasteiger partial charge on any atom is 0.275 e. The van der Waals surface area contributed by atoms with Gasteiger partial charge in [0.25, 0.3) is 5.56 Å². The van der Waals surface area contributed by atoms with E-state index in [9.17, 15) is 19.8 Å². The number of aliphatic hydroxyl groups excluding tert-OH is 2. The van der Waals surface area contributed by atoms with E-state index in [4.69, 9.17) is 5.73 Å². The number of primary amides is 1. The highest BCUT2D eigenvalue weighted by molar-refractivity contribution is 5.74. The normalized spacial score (nSPS) is 14.6. The fourth-order valence-electron chi connectivity index (χ4n) is 1.66. The Kier molecular flexibility index (Phi) is 3.13. The van der Waals surface area contributed by atoms with E-state index in [1.54, 1.807) is 0 Å². The van der Waals surface area contributed by atoms with Gasteiger partial charge >= 0.3 is 0 Å². The lowest BCUT2D eigenvalue weighted by Gasteiger charge is -2.14. The molecule has 96 valence electrons. The van der Waals surface area contributed by atoms with Crippen LogP contribution in [-0.2, 0) is 4.79 Å². The highest BCUT2D eigenvalue weighted by atomic mass is 16.3. The van der Waals surface area contributed by atoms with Crippen LogP contribution in [0.5, 0.6) is 0 Å². The van der Waals surface area contributed by atoms with Crippen molar-refractivity contribution in [1.82, 2.24) is 14.6 Å². The lowest BCUT2D eigenvalue weighted by Crippen LogP contribution is -2.25. The first-order chi connectivity index (χ1) is 8.49. The van der Waals surface area contributed by atoms with Crippen LogP contribution in [-0.4, -0.2) is 36.8 Å². The average molecular weight is 252 g/mol. The number of nitrogens with two attached hydrogens (primary N) is 1. The van der Waals surface area contributed by atoms with Crippen LogP contribution >= 0.6 is 0 Å². The second-order valence-electron chi connectivity index (χ2n) is 3.90. The molecule has 8 nitrogen and oxygen atoms in total. The van der Waals surface area contributed by atoms with Crippen LogP contribution in [0.4, 0.5) is 0 Å². The third kappa shape index (κ3) is 2.24. The molecule has 18 heavy (non-hydrogen) atoms. The molecule has 2 unspecified atom stereocenters. The third-order valence-corrected chi connectivity index (χ3v) is 2.55. The van der Waals surface area contributed by atoms with Gasteiger partial charge in [-0.2, -0.15) is 5.10 Å². The fraction of sp³-hybridized carbons (Fsp3) is 0.300. The molecule has 2 rings (SSSR count). The van der Waals surface area contributed by atoms with Gasteiger partial charge in [-0.05, 0) is 6.07 Å². The van der Waals surface area contributed by atoms with Gasteiger partial charge in [0.15, 0.2) is 0 Å². The van der Waals surface area contributed by atoms with E-state index < -0.39 is 18.1 Å². The summed E-state index contributed by atoms with van der Waals surface area (Å²) in [7, 11) is 0. The van der Waals surface area contributed by atoms with Crippen molar-refractivity contribution in [3.63, 3.8) is 0 Å². The molecule has 0 aromatic carbocycles. The molecule has 0 radical (unpaired) electrons. The average Bonchev–Trinajstić information content (AvgIpc) is 2.72. The van der Waals surface area contributed by atoms with Gasteiger partial charge in [0.1, 0.15) is 17.9 Å². The molecule has 0 saturated carbocycles. The van der Waals surface area contributed by atoms with Gasteiger partial charge in [-0.1, -0.05) is 0 Å². The highest BCUT2D eigenvalue weighted by Gasteiger charge is 2.22. The first kappa shape index (κ1) is 12.3. The Morgan fingerprint density at radius 3 is 2.89 bits per heavy atom. The van der Waals surface area contributed by atoms with Crippen molar-refractivity contribution in [1.29, 1.82) is 0 Å². The smallest absolute Gasteiger partial charge is 0.275 e. The molecule has 0 bridgehead atoms. The summed E-state index contributed by atoms with van der Waals surface area (Å²) in [6.07, 6.45) is -0.375. The molecule has 5 N–H and O–H groups in total. The largest absolute Gasteiger partial charge is 0.390 e. The molecule has 8 heteroatoms. The molecular formula is C10H12N4O4. The Morgan fingerprint density at radius 1 is 1.56 bits per heavy atom. The topological polar surface area (TPSA) is 134 Å². The van der Waals surface area contributed by atoms with E-state index in [1.807, 2.05) is 0 Å². The van der Waals surface area contributed by atoms with Crippen molar-refractivity contribution in [2.24, 2.45) is 5.73 Å². The summed E-state index contributed by atoms with van der Waals surface area (Å²) < 4.78 is 1.27. The molecule has 0 spiro atoms. The predicted molar refractivity (Wildman–Crippen MR) is 60.6 cm³/mol. The number of rotatable bonds is 4. The van der Waals surface area contributed by atoms with Crippen molar-refractivity contribution in [2.75, 3.05) is 0 Å². The van der Waals surface area contributed by atoms with E-state index in [1.165, 1.54) is 23.1 Å². The monoisotopic (exact) mass is 252 g/mol. The Hall–Kier alpha value is -2.19. The first-order valence-electron chi connectivity index (χ1n) is 5.19. The zero-order chi connectivity index (χ0) is 13.3. The van der Waals surface area contributed by atoms with Gasteiger partial charge in [0, 0.05) is 11.8 Å².